The van der Waals surface area contributed by atoms with E-state index in [1.165, 1.54) is 5.56 Å². The number of nitrogens with one attached hydrogen (secondary N) is 1. The molecule has 0 unspecified atom stereocenters. The number of amidine groups is 1. The van der Waals surface area contributed by atoms with Crippen molar-refractivity contribution in [2.24, 2.45) is 4.99 Å². The van der Waals surface area contributed by atoms with Gasteiger partial charge in [-0.25, -0.2) is 0 Å². The second kappa shape index (κ2) is 7.42. The van der Waals surface area contributed by atoms with E-state index >= 15 is 0 Å². The van der Waals surface area contributed by atoms with Crippen molar-refractivity contribution in [3.8, 4) is 0 Å². The average Bonchev–Trinajstić information content (AvgIpc) is 2.83. The van der Waals surface area contributed by atoms with Crippen molar-refractivity contribution in [1.82, 2.24) is 15.1 Å². The van der Waals surface area contributed by atoms with Crippen LogP contribution >= 0.6 is 0 Å². The van der Waals surface area contributed by atoms with Crippen LogP contribution in [-0.2, 0) is 0 Å². The van der Waals surface area contributed by atoms with E-state index in [4.69, 9.17) is 10.1 Å². The van der Waals surface area contributed by atoms with E-state index in [0.717, 1.165) is 57.3 Å². The molecule has 5 nitrogen and oxygen atoms in total. The van der Waals surface area contributed by atoms with Crippen LogP contribution in [0, 0.1) is 0 Å². The fourth-order valence-corrected chi connectivity index (χ4v) is 2.92. The zero-order chi connectivity index (χ0) is 15.2. The number of β-amino-alcohol motifs (C(OH)–C–C–N with tert-alkyl or cyclic N) is 1. The second-order valence-corrected chi connectivity index (χ2v) is 5.64. The molecular formula is C17H24N4O. The minimum absolute atomic E-state index is 0.239. The number of hydrogen-bond acceptors (Lipinski definition) is 5. The maximum atomic E-state index is 9.03. The first-order valence-electron chi connectivity index (χ1n) is 8.00. The largest absolute Gasteiger partial charge is 0.395 e. The molecule has 1 aromatic carbocycles. The summed E-state index contributed by atoms with van der Waals surface area (Å²) in [4.78, 5) is 9.38. The molecule has 1 saturated heterocycles. The van der Waals surface area contributed by atoms with Gasteiger partial charge in [-0.05, 0) is 5.56 Å². The Morgan fingerprint density at radius 3 is 2.59 bits per heavy atom. The standard InChI is InChI=1S/C17H24N4O/c22-13-12-20-8-10-21(11-9-20)17-14-16(18-6-7-19-17)15-4-2-1-3-5-15/h1-5,14,18,22H,6-13H2. The summed E-state index contributed by atoms with van der Waals surface area (Å²) in [7, 11) is 0. The first-order chi connectivity index (χ1) is 10.9. The Labute approximate surface area is 132 Å². The van der Waals surface area contributed by atoms with Gasteiger partial charge in [-0.15, -0.1) is 0 Å². The van der Waals surface area contributed by atoms with Gasteiger partial charge >= 0.3 is 0 Å². The molecule has 2 aliphatic heterocycles. The average molecular weight is 300 g/mol. The molecule has 118 valence electrons. The van der Waals surface area contributed by atoms with E-state index in [2.05, 4.69) is 45.5 Å². The van der Waals surface area contributed by atoms with Crippen LogP contribution in [0.15, 0.2) is 41.4 Å². The summed E-state index contributed by atoms with van der Waals surface area (Å²) in [6.07, 6.45) is 2.17. The molecule has 0 radical (unpaired) electrons. The Kier molecular flexibility index (Phi) is 5.08. The fourth-order valence-electron chi connectivity index (χ4n) is 2.92. The van der Waals surface area contributed by atoms with Crippen molar-refractivity contribution >= 4 is 11.5 Å². The van der Waals surface area contributed by atoms with E-state index in [1.807, 2.05) is 6.07 Å². The van der Waals surface area contributed by atoms with Gasteiger partial charge in [-0.2, -0.15) is 0 Å². The van der Waals surface area contributed by atoms with Crippen molar-refractivity contribution in [3.63, 3.8) is 0 Å². The zero-order valence-corrected chi connectivity index (χ0v) is 12.9. The Balaban J connectivity index is 1.71. The third kappa shape index (κ3) is 3.67. The molecule has 1 fully saturated rings. The third-order valence-electron chi connectivity index (χ3n) is 4.17. The fraction of sp³-hybridized carbons (Fsp3) is 0.471. The summed E-state index contributed by atoms with van der Waals surface area (Å²) >= 11 is 0. The van der Waals surface area contributed by atoms with Crippen LogP contribution in [0.25, 0.3) is 5.70 Å². The molecule has 3 rings (SSSR count). The summed E-state index contributed by atoms with van der Waals surface area (Å²) in [6, 6.07) is 10.4. The van der Waals surface area contributed by atoms with Gasteiger partial charge in [0.25, 0.3) is 0 Å². The van der Waals surface area contributed by atoms with Crippen LogP contribution in [0.1, 0.15) is 5.56 Å². The van der Waals surface area contributed by atoms with Gasteiger partial charge in [0.2, 0.25) is 0 Å². The lowest BCUT2D eigenvalue weighted by molar-refractivity contribution is 0.147. The quantitative estimate of drug-likeness (QED) is 0.860. The van der Waals surface area contributed by atoms with Crippen molar-refractivity contribution in [2.45, 2.75) is 0 Å². The van der Waals surface area contributed by atoms with Gasteiger partial charge in [0.15, 0.2) is 0 Å². The first-order valence-corrected chi connectivity index (χ1v) is 8.00. The van der Waals surface area contributed by atoms with Gasteiger partial charge in [0.1, 0.15) is 5.84 Å². The van der Waals surface area contributed by atoms with Crippen LogP contribution in [0.3, 0.4) is 0 Å². The van der Waals surface area contributed by atoms with Crippen molar-refractivity contribution in [2.75, 3.05) is 52.4 Å². The van der Waals surface area contributed by atoms with Crippen LogP contribution < -0.4 is 5.32 Å². The van der Waals surface area contributed by atoms with Gasteiger partial charge < -0.3 is 15.3 Å². The number of benzene rings is 1. The maximum absolute atomic E-state index is 9.03. The summed E-state index contributed by atoms with van der Waals surface area (Å²) in [5, 5.41) is 12.5. The lowest BCUT2D eigenvalue weighted by atomic mass is 10.1. The number of aliphatic hydroxyl groups is 1. The summed E-state index contributed by atoms with van der Waals surface area (Å²) in [5.41, 5.74) is 2.35. The smallest absolute Gasteiger partial charge is 0.125 e. The predicted molar refractivity (Wildman–Crippen MR) is 89.8 cm³/mol. The molecule has 0 spiro atoms. The summed E-state index contributed by atoms with van der Waals surface area (Å²) < 4.78 is 0. The minimum atomic E-state index is 0.239. The third-order valence-corrected chi connectivity index (χ3v) is 4.17. The normalized spacial score (nSPS) is 20.0. The topological polar surface area (TPSA) is 51.1 Å². The Morgan fingerprint density at radius 1 is 1.09 bits per heavy atom. The molecule has 0 amide bonds. The van der Waals surface area contributed by atoms with Crippen molar-refractivity contribution in [3.05, 3.63) is 42.0 Å². The number of nitrogens with zero attached hydrogens (tertiary/aromatic N) is 3. The summed E-state index contributed by atoms with van der Waals surface area (Å²) in [6.45, 7) is 6.60. The molecule has 0 aromatic heterocycles. The number of aliphatic hydroxyl groups excluding tert-OH is 1. The highest BCUT2D eigenvalue weighted by molar-refractivity contribution is 5.99. The predicted octanol–water partition coefficient (Wildman–Crippen LogP) is 0.639. The van der Waals surface area contributed by atoms with Gasteiger partial charge in [-0.1, -0.05) is 30.3 Å². The number of piperazine rings is 1. The van der Waals surface area contributed by atoms with Crippen LogP contribution in [-0.4, -0.2) is 73.2 Å². The highest BCUT2D eigenvalue weighted by Crippen LogP contribution is 2.14. The zero-order valence-electron chi connectivity index (χ0n) is 12.9. The van der Waals surface area contributed by atoms with E-state index in [1.54, 1.807) is 0 Å². The first kappa shape index (κ1) is 15.1. The highest BCUT2D eigenvalue weighted by atomic mass is 16.3. The van der Waals surface area contributed by atoms with Crippen LogP contribution in [0.4, 0.5) is 0 Å². The van der Waals surface area contributed by atoms with E-state index in [0.29, 0.717) is 0 Å². The number of hydrogen-bond donors (Lipinski definition) is 2. The molecule has 0 bridgehead atoms. The van der Waals surface area contributed by atoms with Crippen molar-refractivity contribution < 1.29 is 5.11 Å². The lowest BCUT2D eigenvalue weighted by Crippen LogP contribution is -2.49. The van der Waals surface area contributed by atoms with Crippen LogP contribution in [0.2, 0.25) is 0 Å². The van der Waals surface area contributed by atoms with Crippen molar-refractivity contribution in [1.29, 1.82) is 0 Å². The monoisotopic (exact) mass is 300 g/mol. The Morgan fingerprint density at radius 2 is 1.86 bits per heavy atom. The number of rotatable bonds is 3. The molecule has 2 N–H and O–H groups in total. The van der Waals surface area contributed by atoms with Gasteiger partial charge in [0, 0.05) is 51.0 Å². The van der Waals surface area contributed by atoms with E-state index < -0.39 is 0 Å². The Bertz CT molecular complexity index is 533. The van der Waals surface area contributed by atoms with Crippen LogP contribution in [0.5, 0.6) is 0 Å². The van der Waals surface area contributed by atoms with Gasteiger partial charge in [-0.3, -0.25) is 9.89 Å². The van der Waals surface area contributed by atoms with E-state index in [9.17, 15) is 0 Å². The van der Waals surface area contributed by atoms with Gasteiger partial charge in [0.05, 0.1) is 13.2 Å². The Hall–Kier alpha value is -1.85. The van der Waals surface area contributed by atoms with E-state index in [-0.39, 0.29) is 6.61 Å². The molecule has 1 aromatic rings. The second-order valence-electron chi connectivity index (χ2n) is 5.64. The summed E-state index contributed by atoms with van der Waals surface area (Å²) in [5.74, 6) is 1.08. The lowest BCUT2D eigenvalue weighted by Gasteiger charge is -2.35. The number of aliphatic imine (C=N–C) groups is 1. The minimum Gasteiger partial charge on any atom is -0.395 e. The molecule has 0 atom stereocenters. The molecule has 22 heavy (non-hydrogen) atoms. The molecule has 0 saturated carbocycles. The molecule has 0 aliphatic carbocycles. The molecule has 5 heteroatoms. The SMILES string of the molecule is OCCN1CCN(C2=NCCNC(c3ccccc3)=C2)CC1. The molecular weight excluding hydrogens is 276 g/mol. The molecule has 2 aliphatic rings. The maximum Gasteiger partial charge on any atom is 0.125 e. The highest BCUT2D eigenvalue weighted by Gasteiger charge is 2.19. The molecule has 2 heterocycles.